The molecule has 2 aromatic carbocycles. The van der Waals surface area contributed by atoms with Crippen molar-refractivity contribution in [3.05, 3.63) is 57.1 Å². The van der Waals surface area contributed by atoms with Crippen LogP contribution in [0.25, 0.3) is 11.0 Å². The number of nitrogens with two attached hydrogens (primary N) is 1. The van der Waals surface area contributed by atoms with Gasteiger partial charge in [0.15, 0.2) is 5.16 Å². The molecule has 0 aliphatic rings. The van der Waals surface area contributed by atoms with E-state index < -0.39 is 10.8 Å². The standard InChI is InChI=1S/C14H9ClN4O3S/c15-8-2-3-9-10(6-8)18-14(17-9)23-12-4-1-7(13(16)20)5-11(12)19(21)22/h1-6H,(H2,16,20)(H,17,18). The Bertz CT molecular complexity index is 941. The molecule has 0 fully saturated rings. The normalized spacial score (nSPS) is 10.8. The number of imidazole rings is 1. The fourth-order valence-corrected chi connectivity index (χ4v) is 3.07. The molecular formula is C14H9ClN4O3S. The maximum atomic E-state index is 11.2. The lowest BCUT2D eigenvalue weighted by Crippen LogP contribution is -2.11. The number of carbonyl (C=O) groups is 1. The largest absolute Gasteiger partial charge is 0.366 e. The van der Waals surface area contributed by atoms with Gasteiger partial charge < -0.3 is 10.7 Å². The molecule has 0 aliphatic heterocycles. The minimum absolute atomic E-state index is 0.0810. The number of fused-ring (bicyclic) bond motifs is 1. The molecule has 0 bridgehead atoms. The van der Waals surface area contributed by atoms with E-state index in [2.05, 4.69) is 9.97 Å². The first-order chi connectivity index (χ1) is 10.9. The van der Waals surface area contributed by atoms with Gasteiger partial charge in [0.2, 0.25) is 5.91 Å². The van der Waals surface area contributed by atoms with Crippen molar-refractivity contribution in [2.24, 2.45) is 5.73 Å². The third-order valence-corrected chi connectivity index (χ3v) is 4.26. The van der Waals surface area contributed by atoms with E-state index in [4.69, 9.17) is 17.3 Å². The second kappa shape index (κ2) is 5.90. The number of nitrogens with zero attached hydrogens (tertiary/aromatic N) is 2. The lowest BCUT2D eigenvalue weighted by Gasteiger charge is -2.02. The van der Waals surface area contributed by atoms with Crippen LogP contribution in [0, 0.1) is 10.1 Å². The van der Waals surface area contributed by atoms with Crippen LogP contribution in [0.2, 0.25) is 5.02 Å². The van der Waals surface area contributed by atoms with Gasteiger partial charge in [0, 0.05) is 16.7 Å². The highest BCUT2D eigenvalue weighted by atomic mass is 35.5. The Hall–Kier alpha value is -2.58. The molecule has 1 aromatic heterocycles. The molecule has 7 nitrogen and oxygen atoms in total. The van der Waals surface area contributed by atoms with Gasteiger partial charge in [-0.05, 0) is 42.1 Å². The van der Waals surface area contributed by atoms with Crippen molar-refractivity contribution in [2.45, 2.75) is 10.1 Å². The number of nitrogens with one attached hydrogen (secondary N) is 1. The number of aromatic nitrogens is 2. The molecule has 0 atom stereocenters. The Morgan fingerprint density at radius 2 is 2.09 bits per heavy atom. The Morgan fingerprint density at radius 3 is 2.78 bits per heavy atom. The van der Waals surface area contributed by atoms with Crippen LogP contribution >= 0.6 is 23.4 Å². The molecular weight excluding hydrogens is 340 g/mol. The number of hydrogen-bond donors (Lipinski definition) is 2. The summed E-state index contributed by atoms with van der Waals surface area (Å²) in [4.78, 5) is 29.5. The lowest BCUT2D eigenvalue weighted by atomic mass is 10.2. The molecule has 3 aromatic rings. The number of rotatable bonds is 4. The van der Waals surface area contributed by atoms with E-state index in [1.807, 2.05) is 0 Å². The Morgan fingerprint density at radius 1 is 1.30 bits per heavy atom. The number of nitro benzene ring substituents is 1. The van der Waals surface area contributed by atoms with Gasteiger partial charge in [-0.2, -0.15) is 0 Å². The zero-order valence-corrected chi connectivity index (χ0v) is 13.0. The zero-order valence-electron chi connectivity index (χ0n) is 11.4. The van der Waals surface area contributed by atoms with E-state index in [0.29, 0.717) is 20.6 Å². The van der Waals surface area contributed by atoms with Crippen molar-refractivity contribution >= 4 is 46.0 Å². The van der Waals surface area contributed by atoms with Crippen molar-refractivity contribution < 1.29 is 9.72 Å². The van der Waals surface area contributed by atoms with Crippen molar-refractivity contribution in [1.82, 2.24) is 9.97 Å². The molecule has 0 unspecified atom stereocenters. The molecule has 3 N–H and O–H groups in total. The van der Waals surface area contributed by atoms with Crippen LogP contribution in [-0.4, -0.2) is 20.8 Å². The van der Waals surface area contributed by atoms with Gasteiger partial charge in [0.1, 0.15) is 0 Å². The summed E-state index contributed by atoms with van der Waals surface area (Å²) >= 11 is 7.01. The second-order valence-electron chi connectivity index (χ2n) is 4.61. The van der Waals surface area contributed by atoms with Crippen LogP contribution in [0.15, 0.2) is 46.5 Å². The third-order valence-electron chi connectivity index (χ3n) is 3.07. The fraction of sp³-hybridized carbons (Fsp3) is 0. The average molecular weight is 349 g/mol. The number of halogens is 1. The predicted molar refractivity (Wildman–Crippen MR) is 86.8 cm³/mol. The second-order valence-corrected chi connectivity index (χ2v) is 6.08. The van der Waals surface area contributed by atoms with Crippen LogP contribution in [0.1, 0.15) is 10.4 Å². The molecule has 0 saturated heterocycles. The van der Waals surface area contributed by atoms with Gasteiger partial charge in [0.05, 0.1) is 20.9 Å². The number of nitro groups is 1. The molecule has 116 valence electrons. The molecule has 3 rings (SSSR count). The van der Waals surface area contributed by atoms with Crippen molar-refractivity contribution in [1.29, 1.82) is 0 Å². The highest BCUT2D eigenvalue weighted by molar-refractivity contribution is 7.99. The number of hydrogen-bond acceptors (Lipinski definition) is 5. The monoisotopic (exact) mass is 348 g/mol. The minimum atomic E-state index is -0.719. The van der Waals surface area contributed by atoms with Crippen LogP contribution < -0.4 is 5.73 Å². The SMILES string of the molecule is NC(=O)c1ccc(Sc2nc3ccc(Cl)cc3[nH]2)c([N+](=O)[O-])c1. The van der Waals surface area contributed by atoms with E-state index in [0.717, 1.165) is 23.3 Å². The highest BCUT2D eigenvalue weighted by Gasteiger charge is 2.18. The summed E-state index contributed by atoms with van der Waals surface area (Å²) in [5.41, 5.74) is 6.46. The molecule has 0 radical (unpaired) electrons. The van der Waals surface area contributed by atoms with E-state index in [1.165, 1.54) is 12.1 Å². The number of amides is 1. The number of primary amides is 1. The van der Waals surface area contributed by atoms with Crippen LogP contribution in [0.4, 0.5) is 5.69 Å². The van der Waals surface area contributed by atoms with Crippen LogP contribution in [0.3, 0.4) is 0 Å². The Balaban J connectivity index is 2.00. The molecule has 0 spiro atoms. The lowest BCUT2D eigenvalue weighted by molar-refractivity contribution is -0.387. The minimum Gasteiger partial charge on any atom is -0.366 e. The van der Waals surface area contributed by atoms with Gasteiger partial charge in [-0.25, -0.2) is 4.98 Å². The van der Waals surface area contributed by atoms with E-state index in [1.54, 1.807) is 18.2 Å². The van der Waals surface area contributed by atoms with Gasteiger partial charge in [0.25, 0.3) is 5.69 Å². The van der Waals surface area contributed by atoms with Crippen molar-refractivity contribution in [3.63, 3.8) is 0 Å². The smallest absolute Gasteiger partial charge is 0.284 e. The number of H-pyrrole nitrogens is 1. The van der Waals surface area contributed by atoms with Gasteiger partial charge in [-0.3, -0.25) is 14.9 Å². The van der Waals surface area contributed by atoms with Gasteiger partial charge >= 0.3 is 0 Å². The molecule has 0 saturated carbocycles. The molecule has 1 amide bonds. The first-order valence-corrected chi connectivity index (χ1v) is 7.55. The maximum Gasteiger partial charge on any atom is 0.284 e. The van der Waals surface area contributed by atoms with Crippen molar-refractivity contribution in [2.75, 3.05) is 0 Å². The Labute approximate surface area is 139 Å². The summed E-state index contributed by atoms with van der Waals surface area (Å²) < 4.78 is 0. The summed E-state index contributed by atoms with van der Waals surface area (Å²) in [6, 6.07) is 9.26. The fourth-order valence-electron chi connectivity index (χ4n) is 2.01. The summed E-state index contributed by atoms with van der Waals surface area (Å²) in [7, 11) is 0. The predicted octanol–water partition coefficient (Wildman–Crippen LogP) is 3.37. The molecule has 0 aliphatic carbocycles. The zero-order chi connectivity index (χ0) is 16.6. The van der Waals surface area contributed by atoms with Gasteiger partial charge in [-0.15, -0.1) is 0 Å². The van der Waals surface area contributed by atoms with E-state index >= 15 is 0 Å². The molecule has 9 heteroatoms. The quantitative estimate of drug-likeness (QED) is 0.554. The summed E-state index contributed by atoms with van der Waals surface area (Å²) in [5, 5.41) is 12.2. The third kappa shape index (κ3) is 3.13. The van der Waals surface area contributed by atoms with Crippen molar-refractivity contribution in [3.8, 4) is 0 Å². The first-order valence-electron chi connectivity index (χ1n) is 6.35. The van der Waals surface area contributed by atoms with Gasteiger partial charge in [-0.1, -0.05) is 11.6 Å². The summed E-state index contributed by atoms with van der Waals surface area (Å²) in [6.45, 7) is 0. The first kappa shape index (κ1) is 15.3. The topological polar surface area (TPSA) is 115 Å². The number of carbonyl (C=O) groups excluding carboxylic acids is 1. The average Bonchev–Trinajstić information content (AvgIpc) is 2.88. The van der Waals surface area contributed by atoms with E-state index in [-0.39, 0.29) is 11.3 Å². The molecule has 1 heterocycles. The molecule has 23 heavy (non-hydrogen) atoms. The number of benzene rings is 2. The van der Waals surface area contributed by atoms with E-state index in [9.17, 15) is 14.9 Å². The Kier molecular flexibility index (Phi) is 3.93. The summed E-state index contributed by atoms with van der Waals surface area (Å²) in [6.07, 6.45) is 0. The maximum absolute atomic E-state index is 11.2. The van der Waals surface area contributed by atoms with Crippen LogP contribution in [0.5, 0.6) is 0 Å². The highest BCUT2D eigenvalue weighted by Crippen LogP contribution is 2.35. The number of aromatic amines is 1. The summed E-state index contributed by atoms with van der Waals surface area (Å²) in [5.74, 6) is -0.719. The van der Waals surface area contributed by atoms with Crippen LogP contribution in [-0.2, 0) is 0 Å².